The Morgan fingerprint density at radius 2 is 1.17 bits per heavy atom. The fraction of sp³-hybridized carbons (Fsp3) is 0. The summed E-state index contributed by atoms with van der Waals surface area (Å²) in [5.41, 5.74) is 0. The van der Waals surface area contributed by atoms with E-state index < -0.39 is 7.82 Å². The third-order valence-electron chi connectivity index (χ3n) is 0. The first-order valence-corrected chi connectivity index (χ1v) is 2.35. The van der Waals surface area contributed by atoms with Crippen LogP contribution in [0, 0.1) is 0 Å². The van der Waals surface area contributed by atoms with Crippen LogP contribution in [0.25, 0.3) is 0 Å². The Morgan fingerprint density at radius 1 is 1.17 bits per heavy atom. The minimum Gasteiger partial charge on any atom is -0.303 e. The van der Waals surface area contributed by atoms with E-state index in [1.807, 2.05) is 0 Å². The maximum Gasteiger partial charge on any atom is 0.466 e. The Hall–Kier alpha value is 1.37. The summed E-state index contributed by atoms with van der Waals surface area (Å²) in [5.74, 6) is 0. The smallest absolute Gasteiger partial charge is 0.303 e. The second kappa shape index (κ2) is 3.38. The van der Waals surface area contributed by atoms with Gasteiger partial charge in [-0.15, -0.1) is 0 Å². The maximum absolute atomic E-state index is 8.88. The molecule has 2 radical (unpaired) electrons. The van der Waals surface area contributed by atoms with E-state index in [1.165, 1.54) is 0 Å². The molecule has 0 rings (SSSR count). The van der Waals surface area contributed by atoms with Gasteiger partial charge in [0.05, 0.1) is 0 Å². The van der Waals surface area contributed by atoms with Gasteiger partial charge in [-0.3, -0.25) is 0 Å². The quantitative estimate of drug-likeness (QED) is 0.287. The molecule has 4 nitrogen and oxygen atoms in total. The van der Waals surface area contributed by atoms with E-state index in [2.05, 4.69) is 0 Å². The molecule has 0 aromatic carbocycles. The van der Waals surface area contributed by atoms with Crippen molar-refractivity contribution in [2.45, 2.75) is 0 Å². The number of phosphoric acid groups is 1. The van der Waals surface area contributed by atoms with E-state index in [-0.39, 0.29) is 37.7 Å². The predicted molar refractivity (Wildman–Crippen MR) is 20.0 cm³/mol. The summed E-state index contributed by atoms with van der Waals surface area (Å²) in [7, 11) is -4.64. The van der Waals surface area contributed by atoms with Crippen molar-refractivity contribution >= 4 is 45.6 Å². The molecular weight excluding hydrogens is 135 g/mol. The van der Waals surface area contributed by atoms with Gasteiger partial charge >= 0.3 is 7.82 Å². The molecule has 0 heterocycles. The van der Waals surface area contributed by atoms with E-state index in [4.69, 9.17) is 19.2 Å². The molecule has 0 saturated heterocycles. The zero-order valence-electron chi connectivity index (χ0n) is 2.90. The Morgan fingerprint density at radius 3 is 1.17 bits per heavy atom. The minimum absolute atomic E-state index is 0. The van der Waals surface area contributed by atoms with Crippen LogP contribution in [0.15, 0.2) is 0 Å². The van der Waals surface area contributed by atoms with Crippen molar-refractivity contribution in [1.82, 2.24) is 0 Å². The van der Waals surface area contributed by atoms with Crippen molar-refractivity contribution < 1.29 is 19.2 Å². The fourth-order valence-electron chi connectivity index (χ4n) is 0. The van der Waals surface area contributed by atoms with Crippen LogP contribution in [0.1, 0.15) is 0 Å². The summed E-state index contributed by atoms with van der Waals surface area (Å²) in [6.07, 6.45) is 0. The molecule has 0 fully saturated rings. The standard InChI is InChI=1S/Ca.H3O4P/c;1-5(2,3)4/h;(H3,1,2,3,4). The van der Waals surface area contributed by atoms with Gasteiger partial charge < -0.3 is 14.7 Å². The van der Waals surface area contributed by atoms with Crippen LogP contribution >= 0.6 is 7.82 Å². The molecular formula is H3CaO4P. The summed E-state index contributed by atoms with van der Waals surface area (Å²) in [6.45, 7) is 0. The van der Waals surface area contributed by atoms with Gasteiger partial charge in [0.25, 0.3) is 0 Å². The SMILES string of the molecule is O=P(O)(O)O.[Ca]. The molecule has 0 aromatic rings. The first kappa shape index (κ1) is 10.4. The minimum atomic E-state index is -4.64. The van der Waals surface area contributed by atoms with Gasteiger partial charge in [0.1, 0.15) is 0 Å². The van der Waals surface area contributed by atoms with Crippen LogP contribution in [0.2, 0.25) is 0 Å². The summed E-state index contributed by atoms with van der Waals surface area (Å²) in [5, 5.41) is 0. The average molecular weight is 138 g/mol. The first-order chi connectivity index (χ1) is 2.00. The van der Waals surface area contributed by atoms with Gasteiger partial charge in [0.15, 0.2) is 0 Å². The molecule has 0 aliphatic carbocycles. The number of hydrogen-bond donors (Lipinski definition) is 3. The second-order valence-electron chi connectivity index (χ2n) is 0.513. The topological polar surface area (TPSA) is 77.8 Å². The summed E-state index contributed by atoms with van der Waals surface area (Å²) >= 11 is 0. The molecule has 0 amide bonds. The molecule has 6 heavy (non-hydrogen) atoms. The van der Waals surface area contributed by atoms with Crippen molar-refractivity contribution in [3.05, 3.63) is 0 Å². The van der Waals surface area contributed by atoms with Gasteiger partial charge in [0.2, 0.25) is 0 Å². The van der Waals surface area contributed by atoms with E-state index in [0.29, 0.717) is 0 Å². The molecule has 0 aliphatic rings. The van der Waals surface area contributed by atoms with Gasteiger partial charge in [0, 0.05) is 37.7 Å². The Labute approximate surface area is 64.4 Å². The molecule has 34 valence electrons. The summed E-state index contributed by atoms with van der Waals surface area (Å²) < 4.78 is 8.88. The summed E-state index contributed by atoms with van der Waals surface area (Å²) in [4.78, 5) is 21.6. The van der Waals surface area contributed by atoms with Crippen LogP contribution in [-0.4, -0.2) is 52.4 Å². The number of rotatable bonds is 0. The summed E-state index contributed by atoms with van der Waals surface area (Å²) in [6, 6.07) is 0. The molecule has 0 bridgehead atoms. The van der Waals surface area contributed by atoms with E-state index >= 15 is 0 Å². The Balaban J connectivity index is 0. The molecule has 0 aromatic heterocycles. The van der Waals surface area contributed by atoms with Crippen LogP contribution in [-0.2, 0) is 4.57 Å². The number of hydrogen-bond acceptors (Lipinski definition) is 1. The maximum atomic E-state index is 8.88. The van der Waals surface area contributed by atoms with Crippen molar-refractivity contribution in [2.24, 2.45) is 0 Å². The van der Waals surface area contributed by atoms with Gasteiger partial charge in [-0.05, 0) is 0 Å². The van der Waals surface area contributed by atoms with Crippen molar-refractivity contribution in [2.75, 3.05) is 0 Å². The van der Waals surface area contributed by atoms with E-state index in [9.17, 15) is 0 Å². The molecule has 0 unspecified atom stereocenters. The monoisotopic (exact) mass is 138 g/mol. The van der Waals surface area contributed by atoms with Gasteiger partial charge in [-0.2, -0.15) is 0 Å². The van der Waals surface area contributed by atoms with Crippen LogP contribution in [0.4, 0.5) is 0 Å². The van der Waals surface area contributed by atoms with Crippen LogP contribution in [0.5, 0.6) is 0 Å². The average Bonchev–Trinajstić information content (AvgIpc) is 0.722. The molecule has 0 aliphatic heterocycles. The van der Waals surface area contributed by atoms with Gasteiger partial charge in [-0.1, -0.05) is 0 Å². The largest absolute Gasteiger partial charge is 0.466 e. The van der Waals surface area contributed by atoms with E-state index in [1.54, 1.807) is 0 Å². The molecule has 3 N–H and O–H groups in total. The second-order valence-corrected chi connectivity index (χ2v) is 1.54. The fourth-order valence-corrected chi connectivity index (χ4v) is 0. The first-order valence-electron chi connectivity index (χ1n) is 0.783. The molecule has 0 saturated carbocycles. The van der Waals surface area contributed by atoms with Crippen molar-refractivity contribution in [1.29, 1.82) is 0 Å². The Kier molecular flexibility index (Phi) is 5.84. The van der Waals surface area contributed by atoms with Crippen LogP contribution < -0.4 is 0 Å². The van der Waals surface area contributed by atoms with Gasteiger partial charge in [-0.25, -0.2) is 4.57 Å². The normalized spacial score (nSPS) is 9.83. The zero-order valence-corrected chi connectivity index (χ0v) is 6.01. The molecule has 0 spiro atoms. The molecule has 0 atom stereocenters. The predicted octanol–water partition coefficient (Wildman–Crippen LogP) is -1.31. The zero-order chi connectivity index (χ0) is 4.50. The third-order valence-corrected chi connectivity index (χ3v) is 0. The van der Waals surface area contributed by atoms with E-state index in [0.717, 1.165) is 0 Å². The molecule has 6 heteroatoms. The van der Waals surface area contributed by atoms with Crippen LogP contribution in [0.3, 0.4) is 0 Å². The van der Waals surface area contributed by atoms with Crippen molar-refractivity contribution in [3.8, 4) is 0 Å². The Bertz CT molecular complexity index is 53.7. The van der Waals surface area contributed by atoms with Crippen molar-refractivity contribution in [3.63, 3.8) is 0 Å². The third kappa shape index (κ3) is 54.6.